The number of nitrogens with two attached hydrogens (primary N) is 1. The average molecular weight is 344 g/mol. The van der Waals surface area contributed by atoms with Crippen LogP contribution in [0.15, 0.2) is 24.3 Å². The summed E-state index contributed by atoms with van der Waals surface area (Å²) in [5, 5.41) is 0. The van der Waals surface area contributed by atoms with Crippen molar-refractivity contribution in [3.63, 3.8) is 0 Å². The molecule has 2 N–H and O–H groups in total. The van der Waals surface area contributed by atoms with Gasteiger partial charge in [0.1, 0.15) is 5.60 Å². The van der Waals surface area contributed by atoms with Gasteiger partial charge in [0.2, 0.25) is 5.91 Å². The maximum Gasteiger partial charge on any atom is 0.311 e. The molecule has 2 aliphatic heterocycles. The second-order valence-electron chi connectivity index (χ2n) is 7.83. The third kappa shape index (κ3) is 3.38. The van der Waals surface area contributed by atoms with Gasteiger partial charge in [0, 0.05) is 23.2 Å². The molecule has 2 heterocycles. The summed E-state index contributed by atoms with van der Waals surface area (Å²) in [4.78, 5) is 38.4. The van der Waals surface area contributed by atoms with Crippen LogP contribution < -0.4 is 5.73 Å². The van der Waals surface area contributed by atoms with E-state index in [4.69, 9.17) is 10.5 Å². The van der Waals surface area contributed by atoms with Gasteiger partial charge in [0.25, 0.3) is 5.91 Å². The molecule has 134 valence electrons. The molecule has 0 saturated carbocycles. The van der Waals surface area contributed by atoms with Gasteiger partial charge in [0.05, 0.1) is 5.92 Å². The van der Waals surface area contributed by atoms with E-state index >= 15 is 0 Å². The number of nitrogens with zero attached hydrogens (tertiary/aromatic N) is 1. The minimum Gasteiger partial charge on any atom is -0.460 e. The summed E-state index contributed by atoms with van der Waals surface area (Å²) in [5.41, 5.74) is 5.58. The number of rotatable bonds is 3. The molecule has 2 aliphatic rings. The van der Waals surface area contributed by atoms with Crippen LogP contribution in [0, 0.1) is 5.92 Å². The lowest BCUT2D eigenvalue weighted by molar-refractivity contribution is -0.160. The van der Waals surface area contributed by atoms with E-state index in [0.717, 1.165) is 12.8 Å². The van der Waals surface area contributed by atoms with Crippen molar-refractivity contribution in [2.45, 2.75) is 57.7 Å². The Hall–Kier alpha value is -2.37. The predicted molar refractivity (Wildman–Crippen MR) is 91.9 cm³/mol. The molecular weight excluding hydrogens is 320 g/mol. The molecule has 2 bridgehead atoms. The van der Waals surface area contributed by atoms with Gasteiger partial charge < -0.3 is 15.4 Å². The summed E-state index contributed by atoms with van der Waals surface area (Å²) in [7, 11) is 0. The van der Waals surface area contributed by atoms with Crippen LogP contribution in [0.4, 0.5) is 0 Å². The normalized spacial score (nSPS) is 25.1. The Morgan fingerprint density at radius 3 is 2.24 bits per heavy atom. The average Bonchev–Trinajstić information content (AvgIpc) is 3.10. The van der Waals surface area contributed by atoms with E-state index in [1.807, 2.05) is 25.7 Å². The van der Waals surface area contributed by atoms with Gasteiger partial charge in [-0.2, -0.15) is 0 Å². The molecule has 1 aromatic rings. The lowest BCUT2D eigenvalue weighted by Crippen LogP contribution is -2.39. The summed E-state index contributed by atoms with van der Waals surface area (Å²) in [6, 6.07) is 6.30. The van der Waals surface area contributed by atoms with Gasteiger partial charge in [-0.1, -0.05) is 0 Å². The van der Waals surface area contributed by atoms with E-state index in [1.54, 1.807) is 24.3 Å². The zero-order chi connectivity index (χ0) is 18.4. The molecule has 0 aromatic heterocycles. The van der Waals surface area contributed by atoms with Gasteiger partial charge >= 0.3 is 5.97 Å². The molecule has 2 fully saturated rings. The summed E-state index contributed by atoms with van der Waals surface area (Å²) in [5.74, 6) is -1.10. The second kappa shape index (κ2) is 6.17. The molecule has 6 nitrogen and oxygen atoms in total. The van der Waals surface area contributed by atoms with Crippen LogP contribution >= 0.6 is 0 Å². The number of ether oxygens (including phenoxy) is 1. The summed E-state index contributed by atoms with van der Waals surface area (Å²) < 4.78 is 5.52. The molecule has 3 atom stereocenters. The molecule has 0 aliphatic carbocycles. The van der Waals surface area contributed by atoms with Crippen LogP contribution in [-0.2, 0) is 9.53 Å². The van der Waals surface area contributed by atoms with Crippen molar-refractivity contribution < 1.29 is 19.1 Å². The molecule has 3 rings (SSSR count). The van der Waals surface area contributed by atoms with E-state index in [9.17, 15) is 14.4 Å². The molecule has 0 radical (unpaired) electrons. The maximum absolute atomic E-state index is 12.9. The van der Waals surface area contributed by atoms with Crippen molar-refractivity contribution in [2.75, 3.05) is 0 Å². The molecule has 0 spiro atoms. The monoisotopic (exact) mass is 344 g/mol. The number of esters is 1. The Morgan fingerprint density at radius 2 is 1.68 bits per heavy atom. The van der Waals surface area contributed by atoms with Gasteiger partial charge in [-0.3, -0.25) is 14.4 Å². The summed E-state index contributed by atoms with van der Waals surface area (Å²) in [6.07, 6.45) is 2.39. The number of primary amides is 1. The van der Waals surface area contributed by atoms with Gasteiger partial charge in [-0.25, -0.2) is 0 Å². The van der Waals surface area contributed by atoms with Crippen LogP contribution in [0.5, 0.6) is 0 Å². The van der Waals surface area contributed by atoms with E-state index in [-0.39, 0.29) is 29.9 Å². The molecular formula is C19H24N2O4. The van der Waals surface area contributed by atoms with Gasteiger partial charge in [-0.15, -0.1) is 0 Å². The Morgan fingerprint density at radius 1 is 1.08 bits per heavy atom. The predicted octanol–water partition coefficient (Wildman–Crippen LogP) is 2.12. The van der Waals surface area contributed by atoms with E-state index in [1.165, 1.54) is 0 Å². The Labute approximate surface area is 147 Å². The van der Waals surface area contributed by atoms with Crippen molar-refractivity contribution in [3.8, 4) is 0 Å². The Balaban J connectivity index is 1.76. The third-order valence-electron chi connectivity index (χ3n) is 4.90. The fourth-order valence-corrected chi connectivity index (χ4v) is 3.86. The maximum atomic E-state index is 12.9. The first-order valence-electron chi connectivity index (χ1n) is 8.63. The number of hydrogen-bond donors (Lipinski definition) is 1. The second-order valence-corrected chi connectivity index (χ2v) is 7.83. The SMILES string of the molecule is CC(C)(C)OC(=O)[C@H]1C[C@H]2CC[C@H]1N2C(=O)c1ccc(C(N)=O)cc1. The first-order chi connectivity index (χ1) is 11.7. The number of carbonyl (C=O) groups excluding carboxylic acids is 3. The van der Waals surface area contributed by atoms with E-state index < -0.39 is 11.5 Å². The van der Waals surface area contributed by atoms with Crippen LogP contribution in [-0.4, -0.2) is 40.4 Å². The van der Waals surface area contributed by atoms with Crippen molar-refractivity contribution in [1.29, 1.82) is 0 Å². The van der Waals surface area contributed by atoms with E-state index in [0.29, 0.717) is 17.5 Å². The van der Waals surface area contributed by atoms with Crippen LogP contribution in [0.25, 0.3) is 0 Å². The van der Waals surface area contributed by atoms with Crippen molar-refractivity contribution in [3.05, 3.63) is 35.4 Å². The number of carbonyl (C=O) groups is 3. The highest BCUT2D eigenvalue weighted by molar-refractivity contribution is 5.98. The van der Waals surface area contributed by atoms with Crippen LogP contribution in [0.1, 0.15) is 60.7 Å². The first kappa shape index (κ1) is 17.5. The third-order valence-corrected chi connectivity index (χ3v) is 4.90. The van der Waals surface area contributed by atoms with Gasteiger partial charge in [-0.05, 0) is 64.3 Å². The first-order valence-corrected chi connectivity index (χ1v) is 8.63. The van der Waals surface area contributed by atoms with Crippen LogP contribution in [0.3, 0.4) is 0 Å². The topological polar surface area (TPSA) is 89.7 Å². The lowest BCUT2D eigenvalue weighted by atomic mass is 9.89. The van der Waals surface area contributed by atoms with E-state index in [2.05, 4.69) is 0 Å². The molecule has 6 heteroatoms. The van der Waals surface area contributed by atoms with Crippen molar-refractivity contribution in [1.82, 2.24) is 4.90 Å². The highest BCUT2D eigenvalue weighted by atomic mass is 16.6. The molecule has 1 aromatic carbocycles. The number of benzene rings is 1. The smallest absolute Gasteiger partial charge is 0.311 e. The molecule has 2 amide bonds. The minimum absolute atomic E-state index is 0.0748. The van der Waals surface area contributed by atoms with Crippen molar-refractivity contribution >= 4 is 17.8 Å². The number of hydrogen-bond acceptors (Lipinski definition) is 4. The number of amides is 2. The van der Waals surface area contributed by atoms with Crippen LogP contribution in [0.2, 0.25) is 0 Å². The standard InChI is InChI=1S/C19H24N2O4/c1-19(2,3)25-18(24)14-10-13-8-9-15(14)21(13)17(23)12-6-4-11(5-7-12)16(20)22/h4-7,13-15H,8-10H2,1-3H3,(H2,20,22)/t13-,14+,15-/m1/s1. The highest BCUT2D eigenvalue weighted by Gasteiger charge is 2.52. The Bertz CT molecular complexity index is 705. The zero-order valence-electron chi connectivity index (χ0n) is 14.8. The van der Waals surface area contributed by atoms with Crippen molar-refractivity contribution in [2.24, 2.45) is 11.7 Å². The summed E-state index contributed by atoms with van der Waals surface area (Å²) in [6.45, 7) is 5.55. The van der Waals surface area contributed by atoms with Gasteiger partial charge in [0.15, 0.2) is 0 Å². The Kier molecular flexibility index (Phi) is 4.31. The molecule has 25 heavy (non-hydrogen) atoms. The summed E-state index contributed by atoms with van der Waals surface area (Å²) >= 11 is 0. The minimum atomic E-state index is -0.529. The molecule has 0 unspecified atom stereocenters. The fourth-order valence-electron chi connectivity index (χ4n) is 3.86. The quantitative estimate of drug-likeness (QED) is 0.851. The lowest BCUT2D eigenvalue weighted by Gasteiger charge is -2.27. The zero-order valence-corrected chi connectivity index (χ0v) is 14.8. The largest absolute Gasteiger partial charge is 0.460 e. The highest BCUT2D eigenvalue weighted by Crippen LogP contribution is 2.43. The molecule has 2 saturated heterocycles. The number of fused-ring (bicyclic) bond motifs is 2. The fraction of sp³-hybridized carbons (Fsp3) is 0.526.